The molecule has 0 aliphatic carbocycles. The third kappa shape index (κ3) is 4.89. The molecule has 0 bridgehead atoms. The zero-order valence-electron chi connectivity index (χ0n) is 17.9. The lowest BCUT2D eigenvalue weighted by Gasteiger charge is -2.09. The quantitative estimate of drug-likeness (QED) is 0.430. The number of nitrogens with zero attached hydrogens (tertiary/aromatic N) is 3. The lowest BCUT2D eigenvalue weighted by Crippen LogP contribution is -2.21. The summed E-state index contributed by atoms with van der Waals surface area (Å²) < 4.78 is 17.6. The second-order valence-corrected chi connectivity index (χ2v) is 7.68. The van der Waals surface area contributed by atoms with Gasteiger partial charge in [0, 0.05) is 17.0 Å². The Bertz CT molecular complexity index is 1220. The smallest absolute Gasteiger partial charge is 0.263 e. The highest BCUT2D eigenvalue weighted by Gasteiger charge is 2.15. The normalized spacial score (nSPS) is 10.6. The first kappa shape index (κ1) is 21.4. The molecule has 1 N–H and O–H groups in total. The van der Waals surface area contributed by atoms with E-state index >= 15 is 0 Å². The van der Waals surface area contributed by atoms with Crippen LogP contribution < -0.4 is 19.5 Å². The van der Waals surface area contributed by atoms with Crippen LogP contribution >= 0.6 is 11.3 Å². The van der Waals surface area contributed by atoms with Crippen LogP contribution in [0, 0.1) is 6.92 Å². The summed E-state index contributed by atoms with van der Waals surface area (Å²) in [5.74, 6) is 2.28. The Balaban J connectivity index is 1.46. The van der Waals surface area contributed by atoms with Crippen LogP contribution in [0.25, 0.3) is 16.4 Å². The van der Waals surface area contributed by atoms with Crippen molar-refractivity contribution in [2.75, 3.05) is 26.1 Å². The number of aryl methyl sites for hydroxylation is 1. The Labute approximate surface area is 189 Å². The van der Waals surface area contributed by atoms with Crippen LogP contribution in [0.5, 0.6) is 17.2 Å². The molecule has 164 valence electrons. The molecule has 2 heterocycles. The molecule has 1 amide bonds. The fourth-order valence-corrected chi connectivity index (χ4v) is 3.81. The number of hydrogen-bond donors (Lipinski definition) is 1. The van der Waals surface area contributed by atoms with Crippen molar-refractivity contribution in [3.05, 3.63) is 65.7 Å². The molecular weight excluding hydrogens is 428 g/mol. The van der Waals surface area contributed by atoms with Crippen LogP contribution in [0.1, 0.15) is 5.69 Å². The maximum Gasteiger partial charge on any atom is 0.263 e. The molecule has 0 saturated heterocycles. The highest BCUT2D eigenvalue weighted by molar-refractivity contribution is 7.12. The fourth-order valence-electron chi connectivity index (χ4n) is 3.01. The zero-order valence-corrected chi connectivity index (χ0v) is 18.7. The maximum atomic E-state index is 12.5. The van der Waals surface area contributed by atoms with E-state index in [0.29, 0.717) is 16.7 Å². The van der Waals surface area contributed by atoms with Gasteiger partial charge in [0.1, 0.15) is 23.1 Å². The number of rotatable bonds is 8. The minimum atomic E-state index is -0.299. The van der Waals surface area contributed by atoms with E-state index in [1.165, 1.54) is 11.3 Å². The van der Waals surface area contributed by atoms with E-state index in [1.807, 2.05) is 36.6 Å². The molecule has 2 aromatic heterocycles. The Morgan fingerprint density at radius 1 is 1.03 bits per heavy atom. The molecule has 0 aliphatic heterocycles. The van der Waals surface area contributed by atoms with Gasteiger partial charge in [-0.1, -0.05) is 12.1 Å². The van der Waals surface area contributed by atoms with Crippen LogP contribution in [0.2, 0.25) is 0 Å². The molecule has 4 rings (SSSR count). The zero-order chi connectivity index (χ0) is 22.5. The summed E-state index contributed by atoms with van der Waals surface area (Å²) in [6.07, 6.45) is 0. The minimum absolute atomic E-state index is 0.135. The minimum Gasteiger partial charge on any atom is -0.497 e. The van der Waals surface area contributed by atoms with Crippen LogP contribution in [0.15, 0.2) is 60.0 Å². The highest BCUT2D eigenvalue weighted by Crippen LogP contribution is 2.28. The van der Waals surface area contributed by atoms with Gasteiger partial charge in [0.15, 0.2) is 6.61 Å². The van der Waals surface area contributed by atoms with Gasteiger partial charge in [-0.05, 0) is 43.3 Å². The number of amides is 1. The van der Waals surface area contributed by atoms with Gasteiger partial charge in [-0.25, -0.2) is 4.98 Å². The second-order valence-electron chi connectivity index (χ2n) is 6.84. The number of methoxy groups -OCH3 is 2. The first-order valence-electron chi connectivity index (χ1n) is 9.79. The van der Waals surface area contributed by atoms with Crippen LogP contribution in [-0.2, 0) is 4.79 Å². The molecule has 9 heteroatoms. The Morgan fingerprint density at radius 3 is 2.53 bits per heavy atom. The fraction of sp³-hybridized carbons (Fsp3) is 0.174. The Hall–Kier alpha value is -3.85. The predicted octanol–water partition coefficient (Wildman–Crippen LogP) is 4.34. The monoisotopic (exact) mass is 450 g/mol. The van der Waals surface area contributed by atoms with Crippen molar-refractivity contribution in [3.63, 3.8) is 0 Å². The van der Waals surface area contributed by atoms with Gasteiger partial charge in [0.25, 0.3) is 5.91 Å². The van der Waals surface area contributed by atoms with Crippen molar-refractivity contribution in [1.82, 2.24) is 14.8 Å². The van der Waals surface area contributed by atoms with Gasteiger partial charge in [-0.3, -0.25) is 4.79 Å². The highest BCUT2D eigenvalue weighted by atomic mass is 32.1. The summed E-state index contributed by atoms with van der Waals surface area (Å²) in [5.41, 5.74) is 2.50. The molecule has 2 aromatic carbocycles. The first-order valence-corrected chi connectivity index (χ1v) is 10.7. The molecule has 0 unspecified atom stereocenters. The number of thiazole rings is 1. The average Bonchev–Trinajstić information content (AvgIpc) is 3.44. The van der Waals surface area contributed by atoms with Gasteiger partial charge < -0.3 is 19.5 Å². The van der Waals surface area contributed by atoms with Crippen molar-refractivity contribution in [2.24, 2.45) is 0 Å². The van der Waals surface area contributed by atoms with Crippen LogP contribution in [0.3, 0.4) is 0 Å². The third-order valence-corrected chi connectivity index (χ3v) is 5.38. The van der Waals surface area contributed by atoms with Gasteiger partial charge in [0.2, 0.25) is 5.13 Å². The summed E-state index contributed by atoms with van der Waals surface area (Å²) >= 11 is 1.43. The van der Waals surface area contributed by atoms with E-state index in [0.717, 1.165) is 28.5 Å². The van der Waals surface area contributed by atoms with E-state index in [1.54, 1.807) is 49.2 Å². The lowest BCUT2D eigenvalue weighted by atomic mass is 10.2. The molecule has 4 aromatic rings. The molecule has 0 atom stereocenters. The van der Waals surface area contributed by atoms with Gasteiger partial charge >= 0.3 is 0 Å². The lowest BCUT2D eigenvalue weighted by molar-refractivity contribution is -0.118. The summed E-state index contributed by atoms with van der Waals surface area (Å²) in [4.78, 5) is 17.2. The van der Waals surface area contributed by atoms with E-state index < -0.39 is 0 Å². The largest absolute Gasteiger partial charge is 0.497 e. The molecule has 0 aliphatic rings. The standard InChI is InChI=1S/C23H22N4O4S/c1-15-11-21(25-22(28)13-31-18-9-7-17(29-2)8-10-18)27(26-15)23-24-20(14-32-23)16-5-4-6-19(12-16)30-3/h4-12,14H,13H2,1-3H3,(H,25,28). The topological polar surface area (TPSA) is 87.5 Å². The Morgan fingerprint density at radius 2 is 1.78 bits per heavy atom. The summed E-state index contributed by atoms with van der Waals surface area (Å²) in [5, 5.41) is 9.92. The molecule has 8 nitrogen and oxygen atoms in total. The maximum absolute atomic E-state index is 12.5. The Kier molecular flexibility index (Phi) is 6.37. The summed E-state index contributed by atoms with van der Waals surface area (Å²) in [7, 11) is 3.22. The van der Waals surface area contributed by atoms with Gasteiger partial charge in [0.05, 0.1) is 25.6 Å². The molecular formula is C23H22N4O4S. The molecule has 0 fully saturated rings. The molecule has 32 heavy (non-hydrogen) atoms. The van der Waals surface area contributed by atoms with E-state index in [2.05, 4.69) is 15.4 Å². The van der Waals surface area contributed by atoms with Crippen LogP contribution in [-0.4, -0.2) is 41.5 Å². The number of aromatic nitrogens is 3. The molecule has 0 saturated carbocycles. The van der Waals surface area contributed by atoms with Gasteiger partial charge in [-0.2, -0.15) is 9.78 Å². The van der Waals surface area contributed by atoms with Crippen molar-refractivity contribution in [3.8, 4) is 33.6 Å². The second kappa shape index (κ2) is 9.52. The first-order chi connectivity index (χ1) is 15.6. The molecule has 0 radical (unpaired) electrons. The third-order valence-electron chi connectivity index (χ3n) is 4.57. The van der Waals surface area contributed by atoms with Crippen molar-refractivity contribution in [2.45, 2.75) is 6.92 Å². The number of benzene rings is 2. The van der Waals surface area contributed by atoms with Crippen molar-refractivity contribution >= 4 is 23.1 Å². The van der Waals surface area contributed by atoms with E-state index in [9.17, 15) is 4.79 Å². The van der Waals surface area contributed by atoms with Crippen molar-refractivity contribution in [1.29, 1.82) is 0 Å². The number of anilines is 1. The summed E-state index contributed by atoms with van der Waals surface area (Å²) in [6.45, 7) is 1.72. The number of ether oxygens (including phenoxy) is 3. The number of carbonyl (C=O) groups is 1. The molecule has 0 spiro atoms. The average molecular weight is 451 g/mol. The predicted molar refractivity (Wildman–Crippen MR) is 123 cm³/mol. The number of nitrogens with one attached hydrogen (secondary N) is 1. The van der Waals surface area contributed by atoms with Gasteiger partial charge in [-0.15, -0.1) is 11.3 Å². The van der Waals surface area contributed by atoms with Crippen molar-refractivity contribution < 1.29 is 19.0 Å². The van der Waals surface area contributed by atoms with E-state index in [-0.39, 0.29) is 12.5 Å². The van der Waals surface area contributed by atoms with Crippen LogP contribution in [0.4, 0.5) is 5.82 Å². The number of carbonyl (C=O) groups excluding carboxylic acids is 1. The number of hydrogen-bond acceptors (Lipinski definition) is 7. The van der Waals surface area contributed by atoms with E-state index in [4.69, 9.17) is 14.2 Å². The SMILES string of the molecule is COc1ccc(OCC(=O)Nc2cc(C)nn2-c2nc(-c3cccc(OC)c3)cs2)cc1. The summed E-state index contributed by atoms with van der Waals surface area (Å²) in [6, 6.07) is 16.5.